The van der Waals surface area contributed by atoms with E-state index in [4.69, 9.17) is 69.0 Å². The highest BCUT2D eigenvalue weighted by Crippen LogP contribution is 2.67. The molecule has 28 heavy (non-hydrogen) atoms. The molecule has 0 saturated carbocycles. The Morgan fingerprint density at radius 1 is 0.679 bits per heavy atom. The summed E-state index contributed by atoms with van der Waals surface area (Å²) in [5, 5.41) is -3.55. The fourth-order valence-electron chi connectivity index (χ4n) is 1.55. The van der Waals surface area contributed by atoms with E-state index in [-0.39, 0.29) is 26.4 Å². The van der Waals surface area contributed by atoms with Crippen LogP contribution >= 0.6 is 61.8 Å². The lowest BCUT2D eigenvalue weighted by molar-refractivity contribution is 0.0484. The van der Waals surface area contributed by atoms with E-state index >= 15 is 0 Å². The van der Waals surface area contributed by atoms with Crippen molar-refractivity contribution in [3.05, 3.63) is 0 Å². The molecule has 13 heteroatoms. The average Bonchev–Trinajstić information content (AvgIpc) is 2.54. The lowest BCUT2D eigenvalue weighted by Gasteiger charge is -2.35. The van der Waals surface area contributed by atoms with Crippen LogP contribution in [0.5, 0.6) is 0 Å². The Morgan fingerprint density at radius 3 is 1.25 bits per heavy atom. The van der Waals surface area contributed by atoms with Crippen LogP contribution in [0.1, 0.15) is 41.5 Å². The zero-order chi connectivity index (χ0) is 22.2. The highest BCUT2D eigenvalue weighted by molar-refractivity contribution is 7.56. The molecule has 0 bridgehead atoms. The molecule has 0 fully saturated rings. The average molecular weight is 526 g/mol. The molecule has 0 radical (unpaired) electrons. The lowest BCUT2D eigenvalue weighted by atomic mass is 10.5. The third kappa shape index (κ3) is 11.7. The normalized spacial score (nSPS) is 21.4. The molecule has 170 valence electrons. The van der Waals surface area contributed by atoms with Crippen LogP contribution in [0, 0.1) is 0 Å². The second-order valence-corrected chi connectivity index (χ2v) is 14.0. The Hall–Kier alpha value is 1.42. The van der Waals surface area contributed by atoms with E-state index in [2.05, 4.69) is 0 Å². The van der Waals surface area contributed by atoms with Crippen molar-refractivity contribution in [2.45, 2.75) is 68.4 Å². The smallest absolute Gasteiger partial charge is 0.305 e. The number of hydrogen-bond donors (Lipinski definition) is 0. The molecule has 0 aromatic carbocycles. The molecule has 0 rings (SSSR count). The molecule has 0 heterocycles. The summed E-state index contributed by atoms with van der Waals surface area (Å²) < 4.78 is 53.5. The first-order valence-electron chi connectivity index (χ1n) is 8.68. The van der Waals surface area contributed by atoms with Crippen LogP contribution in [0.15, 0.2) is 0 Å². The van der Waals surface area contributed by atoms with Crippen LogP contribution in [0.3, 0.4) is 0 Å². The van der Waals surface area contributed by atoms with Crippen LogP contribution in [-0.4, -0.2) is 53.3 Å². The molecule has 0 aromatic heterocycles. The van der Waals surface area contributed by atoms with Gasteiger partial charge in [0.25, 0.3) is 0 Å². The molecule has 0 saturated heterocycles. The first kappa shape index (κ1) is 29.4. The van der Waals surface area contributed by atoms with Gasteiger partial charge < -0.3 is 9.05 Å². The van der Waals surface area contributed by atoms with Gasteiger partial charge in [0.15, 0.2) is 5.34 Å². The SMILES string of the molecule is CC(Cl)COP(=O)(OCC(C)Cl)OC(C)(C)P(=O)(OCC(C)Cl)OCC(C)Cl. The summed E-state index contributed by atoms with van der Waals surface area (Å²) in [4.78, 5) is 0. The molecular weight excluding hydrogens is 496 g/mol. The molecule has 4 atom stereocenters. The van der Waals surface area contributed by atoms with Gasteiger partial charge in [-0.1, -0.05) is 0 Å². The van der Waals surface area contributed by atoms with Crippen molar-refractivity contribution >= 4 is 61.8 Å². The minimum atomic E-state index is -4.21. The molecular formula is C15H30Cl4O7P2. The van der Waals surface area contributed by atoms with Crippen molar-refractivity contribution in [1.82, 2.24) is 0 Å². The van der Waals surface area contributed by atoms with E-state index in [1.807, 2.05) is 0 Å². The van der Waals surface area contributed by atoms with Crippen LogP contribution in [0.4, 0.5) is 0 Å². The Kier molecular flexibility index (Phi) is 13.7. The second kappa shape index (κ2) is 13.1. The zero-order valence-corrected chi connectivity index (χ0v) is 21.7. The van der Waals surface area contributed by atoms with Gasteiger partial charge in [-0.15, -0.1) is 46.4 Å². The maximum Gasteiger partial charge on any atom is 0.476 e. The van der Waals surface area contributed by atoms with Crippen molar-refractivity contribution in [3.63, 3.8) is 0 Å². The maximum absolute atomic E-state index is 13.4. The molecule has 0 aliphatic heterocycles. The van der Waals surface area contributed by atoms with E-state index in [1.54, 1.807) is 27.7 Å². The van der Waals surface area contributed by atoms with Gasteiger partial charge >= 0.3 is 15.4 Å². The topological polar surface area (TPSA) is 80.3 Å². The van der Waals surface area contributed by atoms with E-state index in [1.165, 1.54) is 13.8 Å². The molecule has 0 aliphatic carbocycles. The summed E-state index contributed by atoms with van der Waals surface area (Å²) in [5.74, 6) is 0. The van der Waals surface area contributed by atoms with Gasteiger partial charge in [0.1, 0.15) is 0 Å². The summed E-state index contributed by atoms with van der Waals surface area (Å²) in [6, 6.07) is 0. The van der Waals surface area contributed by atoms with Crippen molar-refractivity contribution in [1.29, 1.82) is 0 Å². The standard InChI is InChI=1S/C15H30Cl4O7P2/c1-11(16)7-22-27(20,23-8-12(2)17)15(5,6)26-28(21,24-9-13(3)18)25-10-14(4)19/h11-14H,7-10H2,1-6H3. The van der Waals surface area contributed by atoms with Gasteiger partial charge in [0.2, 0.25) is 0 Å². The Balaban J connectivity index is 5.62. The second-order valence-electron chi connectivity index (χ2n) is 6.79. The van der Waals surface area contributed by atoms with Crippen LogP contribution in [0.25, 0.3) is 0 Å². The van der Waals surface area contributed by atoms with E-state index in [9.17, 15) is 9.13 Å². The van der Waals surface area contributed by atoms with Gasteiger partial charge in [-0.05, 0) is 41.5 Å². The summed E-state index contributed by atoms with van der Waals surface area (Å²) in [6.07, 6.45) is 0. The third-order valence-electron chi connectivity index (χ3n) is 2.87. The summed E-state index contributed by atoms with van der Waals surface area (Å²) in [7, 11) is -8.22. The van der Waals surface area contributed by atoms with Gasteiger partial charge in [0.05, 0.1) is 47.9 Å². The fraction of sp³-hybridized carbons (Fsp3) is 1.00. The molecule has 0 N–H and O–H groups in total. The number of alkyl halides is 4. The van der Waals surface area contributed by atoms with Crippen LogP contribution in [-0.2, 0) is 31.7 Å². The number of phosphoric ester groups is 1. The molecule has 0 aromatic rings. The zero-order valence-electron chi connectivity index (χ0n) is 16.9. The monoisotopic (exact) mass is 524 g/mol. The third-order valence-corrected chi connectivity index (χ3v) is 7.51. The predicted molar refractivity (Wildman–Crippen MR) is 115 cm³/mol. The molecule has 0 aliphatic rings. The summed E-state index contributed by atoms with van der Waals surface area (Å²) in [6.45, 7) is 8.93. The predicted octanol–water partition coefficient (Wildman–Crippen LogP) is 6.62. The molecule has 0 amide bonds. The number of phosphoric acid groups is 1. The van der Waals surface area contributed by atoms with Gasteiger partial charge in [0, 0.05) is 0 Å². The first-order chi connectivity index (χ1) is 12.6. The number of hydrogen-bond acceptors (Lipinski definition) is 7. The highest BCUT2D eigenvalue weighted by Gasteiger charge is 2.51. The maximum atomic E-state index is 13.4. The van der Waals surface area contributed by atoms with Crippen molar-refractivity contribution < 1.29 is 31.7 Å². The molecule has 4 unspecified atom stereocenters. The first-order valence-corrected chi connectivity index (χ1v) is 13.4. The van der Waals surface area contributed by atoms with Gasteiger partial charge in [-0.2, -0.15) is 0 Å². The Bertz CT molecular complexity index is 512. The van der Waals surface area contributed by atoms with Crippen LogP contribution in [0.2, 0.25) is 0 Å². The molecule has 0 spiro atoms. The van der Waals surface area contributed by atoms with Crippen molar-refractivity contribution in [2.75, 3.05) is 26.4 Å². The lowest BCUT2D eigenvalue weighted by Crippen LogP contribution is -2.29. The Labute approximate surface area is 188 Å². The summed E-state index contributed by atoms with van der Waals surface area (Å²) in [5.41, 5.74) is 0. The quantitative estimate of drug-likeness (QED) is 0.175. The van der Waals surface area contributed by atoms with E-state index in [0.717, 1.165) is 0 Å². The largest absolute Gasteiger partial charge is 0.476 e. The number of rotatable bonds is 15. The highest BCUT2D eigenvalue weighted by atomic mass is 35.5. The fourth-order valence-corrected chi connectivity index (χ4v) is 5.93. The summed E-state index contributed by atoms with van der Waals surface area (Å²) >= 11 is 23.5. The number of halogens is 4. The van der Waals surface area contributed by atoms with E-state index in [0.29, 0.717) is 0 Å². The van der Waals surface area contributed by atoms with Crippen LogP contribution < -0.4 is 0 Å². The minimum absolute atomic E-state index is 0.0915. The van der Waals surface area contributed by atoms with Crippen molar-refractivity contribution in [2.24, 2.45) is 0 Å². The minimum Gasteiger partial charge on any atom is -0.305 e. The van der Waals surface area contributed by atoms with E-state index < -0.39 is 42.3 Å². The van der Waals surface area contributed by atoms with Crippen molar-refractivity contribution in [3.8, 4) is 0 Å². The van der Waals surface area contributed by atoms with Gasteiger partial charge in [-0.3, -0.25) is 18.1 Å². The Morgan fingerprint density at radius 2 is 0.964 bits per heavy atom. The molecule has 7 nitrogen and oxygen atoms in total. The van der Waals surface area contributed by atoms with Gasteiger partial charge in [-0.25, -0.2) is 4.57 Å².